The molecular formula is C21H22F3N3O. The van der Waals surface area contributed by atoms with Gasteiger partial charge in [0.25, 0.3) is 0 Å². The highest BCUT2D eigenvalue weighted by atomic mass is 19.4. The van der Waals surface area contributed by atoms with E-state index in [9.17, 15) is 13.2 Å². The van der Waals surface area contributed by atoms with Crippen molar-refractivity contribution in [2.45, 2.75) is 38.4 Å². The molecule has 3 heterocycles. The number of aryl methyl sites for hydroxylation is 1. The molecule has 0 radical (unpaired) electrons. The Morgan fingerprint density at radius 2 is 2.11 bits per heavy atom. The summed E-state index contributed by atoms with van der Waals surface area (Å²) >= 11 is 0. The summed E-state index contributed by atoms with van der Waals surface area (Å²) in [4.78, 5) is 2.32. The fraction of sp³-hybridized carbons (Fsp3) is 0.381. The Kier molecular flexibility index (Phi) is 5.02. The molecule has 0 unspecified atom stereocenters. The number of aromatic amines is 1. The first kappa shape index (κ1) is 18.8. The minimum atomic E-state index is -4.36. The van der Waals surface area contributed by atoms with Crippen LogP contribution in [0.3, 0.4) is 0 Å². The van der Waals surface area contributed by atoms with Crippen LogP contribution in [0.25, 0.3) is 11.1 Å². The first-order valence-corrected chi connectivity index (χ1v) is 9.39. The van der Waals surface area contributed by atoms with Crippen molar-refractivity contribution in [3.63, 3.8) is 0 Å². The number of nitrogens with one attached hydrogen (secondary N) is 1. The van der Waals surface area contributed by atoms with Gasteiger partial charge in [-0.2, -0.15) is 18.3 Å². The van der Waals surface area contributed by atoms with E-state index in [1.165, 1.54) is 12.1 Å². The molecule has 1 aliphatic heterocycles. The Balaban J connectivity index is 1.55. The van der Waals surface area contributed by atoms with E-state index in [1.54, 1.807) is 12.3 Å². The Labute approximate surface area is 161 Å². The molecule has 1 atom stereocenters. The van der Waals surface area contributed by atoms with Crippen molar-refractivity contribution < 1.29 is 17.6 Å². The maximum absolute atomic E-state index is 13.1. The van der Waals surface area contributed by atoms with Crippen LogP contribution in [-0.2, 0) is 12.7 Å². The van der Waals surface area contributed by atoms with Crippen LogP contribution in [-0.4, -0.2) is 28.2 Å². The molecule has 4 nitrogen and oxygen atoms in total. The number of nitrogens with zero attached hydrogens (tertiary/aromatic N) is 2. The zero-order valence-electron chi connectivity index (χ0n) is 15.6. The maximum Gasteiger partial charge on any atom is 0.416 e. The molecule has 1 aromatic carbocycles. The molecule has 0 saturated carbocycles. The molecule has 0 bridgehead atoms. The lowest BCUT2D eigenvalue weighted by Crippen LogP contribution is -2.34. The van der Waals surface area contributed by atoms with Crippen molar-refractivity contribution in [3.05, 3.63) is 65.4 Å². The third-order valence-electron chi connectivity index (χ3n) is 5.26. The lowest BCUT2D eigenvalue weighted by Gasteiger charge is -2.32. The fourth-order valence-electron chi connectivity index (χ4n) is 3.93. The summed E-state index contributed by atoms with van der Waals surface area (Å²) in [6.45, 7) is 4.45. The molecule has 4 rings (SSSR count). The van der Waals surface area contributed by atoms with Crippen molar-refractivity contribution in [3.8, 4) is 11.1 Å². The van der Waals surface area contributed by atoms with Crippen LogP contribution >= 0.6 is 0 Å². The summed E-state index contributed by atoms with van der Waals surface area (Å²) in [5, 5.41) is 7.17. The third kappa shape index (κ3) is 3.99. The molecule has 0 aliphatic carbocycles. The van der Waals surface area contributed by atoms with E-state index in [2.05, 4.69) is 15.1 Å². The maximum atomic E-state index is 13.1. The van der Waals surface area contributed by atoms with Crippen LogP contribution in [0.2, 0.25) is 0 Å². The van der Waals surface area contributed by atoms with Crippen molar-refractivity contribution in [1.82, 2.24) is 15.1 Å². The van der Waals surface area contributed by atoms with E-state index in [1.807, 2.05) is 19.1 Å². The molecule has 7 heteroatoms. The summed E-state index contributed by atoms with van der Waals surface area (Å²) < 4.78 is 44.9. The summed E-state index contributed by atoms with van der Waals surface area (Å²) in [6.07, 6.45) is -0.740. The number of hydrogen-bond acceptors (Lipinski definition) is 3. The zero-order valence-corrected chi connectivity index (χ0v) is 15.6. The van der Waals surface area contributed by atoms with Crippen LogP contribution in [0.4, 0.5) is 13.2 Å². The number of alkyl halides is 3. The molecule has 1 saturated heterocycles. The van der Waals surface area contributed by atoms with Crippen LogP contribution in [0.5, 0.6) is 0 Å². The predicted octanol–water partition coefficient (Wildman–Crippen LogP) is 5.38. The van der Waals surface area contributed by atoms with Gasteiger partial charge in [-0.05, 0) is 56.1 Å². The van der Waals surface area contributed by atoms with Crippen molar-refractivity contribution in [2.75, 3.05) is 13.1 Å². The highest BCUT2D eigenvalue weighted by molar-refractivity contribution is 5.66. The number of piperidine rings is 1. The van der Waals surface area contributed by atoms with Gasteiger partial charge in [0.1, 0.15) is 11.5 Å². The van der Waals surface area contributed by atoms with Gasteiger partial charge in [-0.15, -0.1) is 0 Å². The Bertz CT molecular complexity index is 944. The highest BCUT2D eigenvalue weighted by Gasteiger charge is 2.31. The largest absolute Gasteiger partial charge is 0.465 e. The second kappa shape index (κ2) is 7.47. The molecule has 1 fully saturated rings. The molecule has 3 aromatic rings. The normalized spacial score (nSPS) is 18.5. The van der Waals surface area contributed by atoms with Gasteiger partial charge in [-0.3, -0.25) is 10.00 Å². The predicted molar refractivity (Wildman–Crippen MR) is 99.7 cm³/mol. The summed E-state index contributed by atoms with van der Waals surface area (Å²) in [6, 6.07) is 9.38. The van der Waals surface area contributed by atoms with E-state index in [-0.39, 0.29) is 5.92 Å². The van der Waals surface area contributed by atoms with Gasteiger partial charge in [-0.25, -0.2) is 0 Å². The Morgan fingerprint density at radius 3 is 2.86 bits per heavy atom. The molecule has 1 aliphatic rings. The summed E-state index contributed by atoms with van der Waals surface area (Å²) in [5.74, 6) is 2.02. The molecule has 2 aromatic heterocycles. The zero-order chi connectivity index (χ0) is 19.7. The minimum Gasteiger partial charge on any atom is -0.465 e. The first-order valence-electron chi connectivity index (χ1n) is 9.39. The van der Waals surface area contributed by atoms with Crippen LogP contribution < -0.4 is 0 Å². The number of aromatic nitrogens is 2. The van der Waals surface area contributed by atoms with Gasteiger partial charge in [0.2, 0.25) is 0 Å². The summed E-state index contributed by atoms with van der Waals surface area (Å²) in [7, 11) is 0. The van der Waals surface area contributed by atoms with Gasteiger partial charge in [0.15, 0.2) is 0 Å². The molecule has 0 amide bonds. The molecule has 28 heavy (non-hydrogen) atoms. The number of H-pyrrole nitrogens is 1. The topological polar surface area (TPSA) is 45.1 Å². The van der Waals surface area contributed by atoms with Gasteiger partial charge < -0.3 is 4.42 Å². The molecule has 1 N–H and O–H groups in total. The van der Waals surface area contributed by atoms with E-state index in [0.29, 0.717) is 5.56 Å². The monoisotopic (exact) mass is 389 g/mol. The van der Waals surface area contributed by atoms with Gasteiger partial charge in [-0.1, -0.05) is 12.1 Å². The minimum absolute atomic E-state index is 0.192. The Hall–Kier alpha value is -2.54. The second-order valence-corrected chi connectivity index (χ2v) is 7.36. The van der Waals surface area contributed by atoms with E-state index >= 15 is 0 Å². The average molecular weight is 389 g/mol. The standard InChI is InChI=1S/C21H22F3N3O/c1-14-7-8-18(28-14)13-27-9-3-5-16(12-27)20-19(11-25-26-20)15-4-2-6-17(10-15)21(22,23)24/h2,4,6-8,10-11,16H,3,5,9,12-13H2,1H3,(H,25,26)/t16-/m1/s1. The number of likely N-dealkylation sites (tertiary alicyclic amines) is 1. The van der Waals surface area contributed by atoms with Crippen molar-refractivity contribution in [2.24, 2.45) is 0 Å². The quantitative estimate of drug-likeness (QED) is 0.652. The second-order valence-electron chi connectivity index (χ2n) is 7.36. The average Bonchev–Trinajstić information content (AvgIpc) is 3.30. The number of furan rings is 1. The number of hydrogen-bond donors (Lipinski definition) is 1. The SMILES string of the molecule is Cc1ccc(CN2CCC[C@@H](c3[nH]ncc3-c3cccc(C(F)(F)F)c3)C2)o1. The van der Waals surface area contributed by atoms with E-state index in [4.69, 9.17) is 4.42 Å². The third-order valence-corrected chi connectivity index (χ3v) is 5.26. The van der Waals surface area contributed by atoms with E-state index < -0.39 is 11.7 Å². The fourth-order valence-corrected chi connectivity index (χ4v) is 3.93. The number of rotatable bonds is 4. The van der Waals surface area contributed by atoms with Crippen LogP contribution in [0.1, 0.15) is 41.5 Å². The van der Waals surface area contributed by atoms with Gasteiger partial charge in [0.05, 0.1) is 18.3 Å². The number of benzene rings is 1. The van der Waals surface area contributed by atoms with Gasteiger partial charge >= 0.3 is 6.18 Å². The lowest BCUT2D eigenvalue weighted by atomic mass is 9.90. The first-order chi connectivity index (χ1) is 13.4. The molecular weight excluding hydrogens is 367 g/mol. The molecule has 0 spiro atoms. The molecule has 148 valence electrons. The van der Waals surface area contributed by atoms with E-state index in [0.717, 1.165) is 61.3 Å². The Morgan fingerprint density at radius 1 is 1.25 bits per heavy atom. The van der Waals surface area contributed by atoms with Crippen molar-refractivity contribution in [1.29, 1.82) is 0 Å². The van der Waals surface area contributed by atoms with Crippen LogP contribution in [0, 0.1) is 6.92 Å². The van der Waals surface area contributed by atoms with Crippen LogP contribution in [0.15, 0.2) is 47.0 Å². The van der Waals surface area contributed by atoms with Crippen molar-refractivity contribution >= 4 is 0 Å². The smallest absolute Gasteiger partial charge is 0.416 e. The van der Waals surface area contributed by atoms with Gasteiger partial charge in [0, 0.05) is 23.7 Å². The lowest BCUT2D eigenvalue weighted by molar-refractivity contribution is -0.137. The summed E-state index contributed by atoms with van der Waals surface area (Å²) in [5.41, 5.74) is 1.54. The highest BCUT2D eigenvalue weighted by Crippen LogP contribution is 2.36. The number of halogens is 3.